The third-order valence-electron chi connectivity index (χ3n) is 3.60. The minimum Gasteiger partial charge on any atom is -0.376 e. The van der Waals surface area contributed by atoms with Crippen LogP contribution >= 0.6 is 23.2 Å². The highest BCUT2D eigenvalue weighted by molar-refractivity contribution is 6.41. The molecule has 2 fully saturated rings. The van der Waals surface area contributed by atoms with Gasteiger partial charge in [-0.3, -0.25) is 4.79 Å². The number of carbonyl (C=O) groups is 1. The average Bonchev–Trinajstić information content (AvgIpc) is 3.13. The van der Waals surface area contributed by atoms with E-state index in [9.17, 15) is 4.79 Å². The van der Waals surface area contributed by atoms with Crippen LogP contribution in [0.5, 0.6) is 0 Å². The van der Waals surface area contributed by atoms with Crippen LogP contribution in [0.2, 0.25) is 10.2 Å². The van der Waals surface area contributed by atoms with Crippen LogP contribution in [0.15, 0.2) is 12.3 Å². The number of nitrogens with one attached hydrogen (secondary N) is 1. The lowest BCUT2D eigenvalue weighted by Crippen LogP contribution is -2.41. The second kappa shape index (κ2) is 5.27. The fourth-order valence-corrected chi connectivity index (χ4v) is 2.72. The predicted octanol–water partition coefficient (Wildman–Crippen LogP) is 2.69. The van der Waals surface area contributed by atoms with Gasteiger partial charge in [0.15, 0.2) is 0 Å². The van der Waals surface area contributed by atoms with Gasteiger partial charge in [0, 0.05) is 12.8 Å². The van der Waals surface area contributed by atoms with Crippen LogP contribution in [-0.4, -0.2) is 29.6 Å². The number of amides is 1. The quantitative estimate of drug-likeness (QED) is 0.873. The van der Waals surface area contributed by atoms with E-state index in [0.717, 1.165) is 6.42 Å². The Kier molecular flexibility index (Phi) is 3.65. The van der Waals surface area contributed by atoms with E-state index in [1.165, 1.54) is 25.1 Å². The molecule has 2 unspecified atom stereocenters. The highest BCUT2D eigenvalue weighted by Gasteiger charge is 2.41. The zero-order chi connectivity index (χ0) is 13.4. The highest BCUT2D eigenvalue weighted by atomic mass is 35.5. The molecule has 1 aliphatic heterocycles. The lowest BCUT2D eigenvalue weighted by Gasteiger charge is -2.19. The zero-order valence-corrected chi connectivity index (χ0v) is 11.7. The van der Waals surface area contributed by atoms with Crippen molar-refractivity contribution in [3.05, 3.63) is 28.0 Å². The molecule has 1 aromatic heterocycles. The number of pyridine rings is 1. The van der Waals surface area contributed by atoms with Gasteiger partial charge in [0.05, 0.1) is 22.7 Å². The summed E-state index contributed by atoms with van der Waals surface area (Å²) < 4.78 is 5.69. The maximum Gasteiger partial charge on any atom is 0.253 e. The predicted molar refractivity (Wildman–Crippen MR) is 72.6 cm³/mol. The Balaban J connectivity index is 1.68. The molecule has 1 amide bonds. The molecule has 1 N–H and O–H groups in total. The maximum atomic E-state index is 12.1. The minimum atomic E-state index is -0.174. The molecule has 102 valence electrons. The minimum absolute atomic E-state index is 0.0921. The number of hydrogen-bond acceptors (Lipinski definition) is 3. The van der Waals surface area contributed by atoms with Crippen molar-refractivity contribution in [2.24, 2.45) is 5.92 Å². The van der Waals surface area contributed by atoms with E-state index >= 15 is 0 Å². The van der Waals surface area contributed by atoms with Gasteiger partial charge in [0.2, 0.25) is 0 Å². The van der Waals surface area contributed by atoms with Crippen LogP contribution in [0.25, 0.3) is 0 Å². The van der Waals surface area contributed by atoms with Gasteiger partial charge < -0.3 is 10.1 Å². The molecule has 1 saturated carbocycles. The summed E-state index contributed by atoms with van der Waals surface area (Å²) in [5, 5.41) is 3.50. The van der Waals surface area contributed by atoms with Gasteiger partial charge in [0.1, 0.15) is 5.15 Å². The monoisotopic (exact) mass is 300 g/mol. The first-order chi connectivity index (χ1) is 9.15. The molecule has 1 saturated heterocycles. The van der Waals surface area contributed by atoms with Gasteiger partial charge in [-0.05, 0) is 31.2 Å². The fraction of sp³-hybridized carbons (Fsp3) is 0.538. The first-order valence-corrected chi connectivity index (χ1v) is 7.14. The standard InChI is InChI=1S/C13H14Cl2N2O2/c14-9-5-8(6-16-12(9)15)13(18)17-10-3-4-19-11(10)7-1-2-7/h5-7,10-11H,1-4H2,(H,17,18). The molecule has 0 bridgehead atoms. The van der Waals surface area contributed by atoms with Crippen molar-refractivity contribution in [1.29, 1.82) is 0 Å². The molecule has 19 heavy (non-hydrogen) atoms. The number of nitrogens with zero attached hydrogens (tertiary/aromatic N) is 1. The van der Waals surface area contributed by atoms with Crippen molar-refractivity contribution in [2.45, 2.75) is 31.4 Å². The Hall–Kier alpha value is -0.840. The fourth-order valence-electron chi connectivity index (χ4n) is 2.45. The van der Waals surface area contributed by atoms with Crippen molar-refractivity contribution >= 4 is 29.1 Å². The SMILES string of the molecule is O=C(NC1CCOC1C1CC1)c1cnc(Cl)c(Cl)c1. The summed E-state index contributed by atoms with van der Waals surface area (Å²) in [7, 11) is 0. The van der Waals surface area contributed by atoms with Crippen molar-refractivity contribution in [2.75, 3.05) is 6.61 Å². The lowest BCUT2D eigenvalue weighted by molar-refractivity contribution is 0.0729. The van der Waals surface area contributed by atoms with Crippen LogP contribution in [0, 0.1) is 5.92 Å². The molecule has 6 heteroatoms. The summed E-state index contributed by atoms with van der Waals surface area (Å²) in [6, 6.07) is 1.63. The van der Waals surface area contributed by atoms with Gasteiger partial charge in [0.25, 0.3) is 5.91 Å². The van der Waals surface area contributed by atoms with Crippen LogP contribution in [0.1, 0.15) is 29.6 Å². The van der Waals surface area contributed by atoms with E-state index in [2.05, 4.69) is 10.3 Å². The molecule has 2 atom stereocenters. The second-order valence-corrected chi connectivity index (χ2v) is 5.80. The van der Waals surface area contributed by atoms with Crippen molar-refractivity contribution in [3.8, 4) is 0 Å². The van der Waals surface area contributed by atoms with Crippen molar-refractivity contribution in [3.63, 3.8) is 0 Å². The van der Waals surface area contributed by atoms with Gasteiger partial charge >= 0.3 is 0 Å². The molecule has 0 aromatic carbocycles. The normalized spacial score (nSPS) is 26.4. The number of rotatable bonds is 3. The molecule has 2 aliphatic rings. The summed E-state index contributed by atoms with van der Waals surface area (Å²) in [5.74, 6) is 0.437. The Bertz CT molecular complexity index is 505. The number of aromatic nitrogens is 1. The van der Waals surface area contributed by atoms with Crippen LogP contribution < -0.4 is 5.32 Å². The lowest BCUT2D eigenvalue weighted by atomic mass is 10.1. The largest absolute Gasteiger partial charge is 0.376 e. The number of ether oxygens (including phenoxy) is 1. The molecule has 0 radical (unpaired) electrons. The topological polar surface area (TPSA) is 51.2 Å². The summed E-state index contributed by atoms with van der Waals surface area (Å²) >= 11 is 11.6. The van der Waals surface area contributed by atoms with E-state index < -0.39 is 0 Å². The van der Waals surface area contributed by atoms with E-state index in [4.69, 9.17) is 27.9 Å². The Labute approximate surface area is 121 Å². The van der Waals surface area contributed by atoms with Crippen molar-refractivity contribution < 1.29 is 9.53 Å². The summed E-state index contributed by atoms with van der Waals surface area (Å²) in [6.45, 7) is 0.714. The van der Waals surface area contributed by atoms with Gasteiger partial charge in [-0.2, -0.15) is 0 Å². The van der Waals surface area contributed by atoms with E-state index in [-0.39, 0.29) is 28.2 Å². The van der Waals surface area contributed by atoms with Crippen LogP contribution in [0.3, 0.4) is 0 Å². The molecular weight excluding hydrogens is 287 g/mol. The third-order valence-corrected chi connectivity index (χ3v) is 4.28. The number of halogens is 2. The van der Waals surface area contributed by atoms with Crippen molar-refractivity contribution in [1.82, 2.24) is 10.3 Å². The molecule has 1 aliphatic carbocycles. The molecule has 3 rings (SSSR count). The molecule has 1 aromatic rings. The maximum absolute atomic E-state index is 12.1. The third kappa shape index (κ3) is 2.86. The van der Waals surface area contributed by atoms with Crippen LogP contribution in [-0.2, 0) is 4.74 Å². The summed E-state index contributed by atoms with van der Waals surface area (Å²) in [5.41, 5.74) is 0.427. The molecule has 4 nitrogen and oxygen atoms in total. The summed E-state index contributed by atoms with van der Waals surface area (Å²) in [6.07, 6.45) is 4.86. The van der Waals surface area contributed by atoms with E-state index in [1.807, 2.05) is 0 Å². The zero-order valence-electron chi connectivity index (χ0n) is 10.2. The highest BCUT2D eigenvalue weighted by Crippen LogP contribution is 2.38. The smallest absolute Gasteiger partial charge is 0.253 e. The average molecular weight is 301 g/mol. The molecule has 0 spiro atoms. The number of carbonyl (C=O) groups excluding carboxylic acids is 1. The first-order valence-electron chi connectivity index (χ1n) is 6.38. The molecular formula is C13H14Cl2N2O2. The Morgan fingerprint density at radius 3 is 2.84 bits per heavy atom. The van der Waals surface area contributed by atoms with Gasteiger partial charge in [-0.1, -0.05) is 23.2 Å². The second-order valence-electron chi connectivity index (χ2n) is 5.04. The Morgan fingerprint density at radius 2 is 2.16 bits per heavy atom. The Morgan fingerprint density at radius 1 is 1.37 bits per heavy atom. The first kappa shape index (κ1) is 13.2. The van der Waals surface area contributed by atoms with E-state index in [1.54, 1.807) is 0 Å². The summed E-state index contributed by atoms with van der Waals surface area (Å²) in [4.78, 5) is 16.0. The van der Waals surface area contributed by atoms with Crippen LogP contribution in [0.4, 0.5) is 0 Å². The number of hydrogen-bond donors (Lipinski definition) is 1. The molecule has 2 heterocycles. The van der Waals surface area contributed by atoms with Gasteiger partial charge in [-0.15, -0.1) is 0 Å². The van der Waals surface area contributed by atoms with E-state index in [0.29, 0.717) is 18.1 Å². The van der Waals surface area contributed by atoms with Gasteiger partial charge in [-0.25, -0.2) is 4.98 Å².